The molecule has 1 N–H and O–H groups in total. The Hall–Kier alpha value is -3.52. The van der Waals surface area contributed by atoms with E-state index in [2.05, 4.69) is 15.5 Å². The number of anilines is 1. The van der Waals surface area contributed by atoms with E-state index >= 15 is 0 Å². The van der Waals surface area contributed by atoms with Crippen LogP contribution in [0.2, 0.25) is 5.02 Å². The zero-order valence-electron chi connectivity index (χ0n) is 18.0. The van der Waals surface area contributed by atoms with Gasteiger partial charge < -0.3 is 9.88 Å². The van der Waals surface area contributed by atoms with Gasteiger partial charge in [-0.1, -0.05) is 29.8 Å². The molecule has 8 nitrogen and oxygen atoms in total. The monoisotopic (exact) mass is 463 g/mol. The van der Waals surface area contributed by atoms with Crippen LogP contribution < -0.4 is 5.32 Å². The third-order valence-corrected chi connectivity index (χ3v) is 6.45. The molecule has 3 amide bonds. The summed E-state index contributed by atoms with van der Waals surface area (Å²) < 4.78 is 1.99. The first-order valence-electron chi connectivity index (χ1n) is 10.9. The summed E-state index contributed by atoms with van der Waals surface area (Å²) in [4.78, 5) is 39.2. The number of fused-ring (bicyclic) bond motifs is 1. The molecule has 1 aliphatic carbocycles. The minimum atomic E-state index is -0.321. The molecule has 0 atom stereocenters. The van der Waals surface area contributed by atoms with Gasteiger partial charge >= 0.3 is 0 Å². The molecule has 2 heterocycles. The number of carbonyl (C=O) groups excluding carboxylic acids is 3. The highest BCUT2D eigenvalue weighted by Gasteiger charge is 2.37. The summed E-state index contributed by atoms with van der Waals surface area (Å²) in [5.74, 6) is 0.459. The van der Waals surface area contributed by atoms with E-state index in [1.807, 2.05) is 17.6 Å². The Balaban J connectivity index is 1.29. The van der Waals surface area contributed by atoms with Gasteiger partial charge in [0.25, 0.3) is 11.8 Å². The molecule has 1 aliphatic heterocycles. The lowest BCUT2D eigenvalue weighted by Crippen LogP contribution is -2.30. The Labute approximate surface area is 195 Å². The summed E-state index contributed by atoms with van der Waals surface area (Å²) in [6, 6.07) is 12.4. The van der Waals surface area contributed by atoms with Gasteiger partial charge in [-0.25, -0.2) is 0 Å². The first-order valence-corrected chi connectivity index (χ1v) is 11.2. The van der Waals surface area contributed by atoms with E-state index in [0.29, 0.717) is 39.9 Å². The van der Waals surface area contributed by atoms with E-state index in [9.17, 15) is 14.4 Å². The van der Waals surface area contributed by atoms with E-state index in [1.54, 1.807) is 36.4 Å². The van der Waals surface area contributed by atoms with Crippen molar-refractivity contribution in [3.05, 3.63) is 75.8 Å². The van der Waals surface area contributed by atoms with Gasteiger partial charge in [-0.3, -0.25) is 19.3 Å². The number of hydrogen-bond acceptors (Lipinski definition) is 5. The maximum Gasteiger partial charge on any atom is 0.261 e. The fourth-order valence-corrected chi connectivity index (χ4v) is 4.27. The minimum Gasteiger partial charge on any atom is -0.326 e. The molecule has 0 bridgehead atoms. The van der Waals surface area contributed by atoms with E-state index in [4.69, 9.17) is 11.6 Å². The highest BCUT2D eigenvalue weighted by Crippen LogP contribution is 2.37. The van der Waals surface area contributed by atoms with Crippen molar-refractivity contribution < 1.29 is 14.4 Å². The Morgan fingerprint density at radius 2 is 1.70 bits per heavy atom. The van der Waals surface area contributed by atoms with Crippen LogP contribution >= 0.6 is 11.6 Å². The Morgan fingerprint density at radius 3 is 2.36 bits per heavy atom. The van der Waals surface area contributed by atoms with Crippen LogP contribution in [0.5, 0.6) is 0 Å². The van der Waals surface area contributed by atoms with Gasteiger partial charge in [0.2, 0.25) is 5.91 Å². The summed E-state index contributed by atoms with van der Waals surface area (Å²) in [6.07, 6.45) is 2.59. The SMILES string of the molecule is Cc1c(Cl)cccc1NC(=O)CCc1nnc(CN2C(=O)c3ccccc3C2=O)n1C1CC1. The number of imide groups is 1. The van der Waals surface area contributed by atoms with Gasteiger partial charge in [-0.15, -0.1) is 10.2 Å². The minimum absolute atomic E-state index is 0.0593. The molecule has 9 heteroatoms. The van der Waals surface area contributed by atoms with Crippen LogP contribution in [0.3, 0.4) is 0 Å². The maximum atomic E-state index is 12.7. The highest BCUT2D eigenvalue weighted by atomic mass is 35.5. The Kier molecular flexibility index (Phi) is 5.46. The van der Waals surface area contributed by atoms with Crippen molar-refractivity contribution in [2.75, 3.05) is 5.32 Å². The second-order valence-electron chi connectivity index (χ2n) is 8.34. The summed E-state index contributed by atoms with van der Waals surface area (Å²) in [7, 11) is 0. The molecule has 1 aromatic heterocycles. The van der Waals surface area contributed by atoms with Gasteiger partial charge in [0, 0.05) is 29.6 Å². The molecule has 2 aliphatic rings. The Bertz CT molecular complexity index is 1250. The molecular weight excluding hydrogens is 442 g/mol. The van der Waals surface area contributed by atoms with E-state index in [1.165, 1.54) is 4.90 Å². The average Bonchev–Trinajstić information content (AvgIpc) is 3.53. The van der Waals surface area contributed by atoms with E-state index < -0.39 is 0 Å². The molecule has 3 aromatic rings. The summed E-state index contributed by atoms with van der Waals surface area (Å²) in [5.41, 5.74) is 2.32. The number of aromatic nitrogens is 3. The van der Waals surface area contributed by atoms with Crippen LogP contribution in [-0.4, -0.2) is 37.4 Å². The molecule has 33 heavy (non-hydrogen) atoms. The van der Waals surface area contributed by atoms with Gasteiger partial charge in [-0.05, 0) is 49.6 Å². The standard InChI is InChI=1S/C24H22ClN5O3/c1-14-18(25)7-4-8-19(14)26-22(31)12-11-20-27-28-21(30(20)15-9-10-15)13-29-23(32)16-5-2-3-6-17(16)24(29)33/h2-8,15H,9-13H2,1H3,(H,26,31). The quantitative estimate of drug-likeness (QED) is 0.535. The highest BCUT2D eigenvalue weighted by molar-refractivity contribution is 6.31. The molecule has 1 saturated carbocycles. The number of rotatable bonds is 7. The van der Waals surface area contributed by atoms with Crippen molar-refractivity contribution >= 4 is 35.0 Å². The zero-order valence-corrected chi connectivity index (χ0v) is 18.8. The van der Waals surface area contributed by atoms with Gasteiger partial charge in [0.05, 0.1) is 17.7 Å². The topological polar surface area (TPSA) is 97.2 Å². The lowest BCUT2D eigenvalue weighted by molar-refractivity contribution is -0.116. The van der Waals surface area contributed by atoms with Crippen molar-refractivity contribution in [1.82, 2.24) is 19.7 Å². The van der Waals surface area contributed by atoms with Gasteiger partial charge in [-0.2, -0.15) is 0 Å². The van der Waals surface area contributed by atoms with Crippen molar-refractivity contribution in [1.29, 1.82) is 0 Å². The van der Waals surface area contributed by atoms with Crippen LogP contribution in [0.1, 0.15) is 63.2 Å². The predicted molar refractivity (Wildman–Crippen MR) is 122 cm³/mol. The average molecular weight is 464 g/mol. The molecule has 0 spiro atoms. The fourth-order valence-electron chi connectivity index (χ4n) is 4.10. The lowest BCUT2D eigenvalue weighted by atomic mass is 10.1. The van der Waals surface area contributed by atoms with Crippen LogP contribution in [0.4, 0.5) is 5.69 Å². The van der Waals surface area contributed by atoms with Crippen molar-refractivity contribution in [2.24, 2.45) is 0 Å². The van der Waals surface area contributed by atoms with Crippen molar-refractivity contribution in [2.45, 2.75) is 45.2 Å². The zero-order chi connectivity index (χ0) is 23.1. The normalized spacial score (nSPS) is 15.2. The van der Waals surface area contributed by atoms with Crippen LogP contribution in [0, 0.1) is 6.92 Å². The number of carbonyl (C=O) groups is 3. The smallest absolute Gasteiger partial charge is 0.261 e. The molecule has 0 radical (unpaired) electrons. The maximum absolute atomic E-state index is 12.7. The third-order valence-electron chi connectivity index (χ3n) is 6.04. The number of halogens is 1. The second-order valence-corrected chi connectivity index (χ2v) is 8.74. The molecule has 0 unspecified atom stereocenters. The Morgan fingerprint density at radius 1 is 1.03 bits per heavy atom. The summed E-state index contributed by atoms with van der Waals surface area (Å²) in [5, 5.41) is 12.1. The lowest BCUT2D eigenvalue weighted by Gasteiger charge is -2.15. The number of aryl methyl sites for hydroxylation is 1. The molecule has 0 saturated heterocycles. The first kappa shape index (κ1) is 21.3. The van der Waals surface area contributed by atoms with E-state index in [-0.39, 0.29) is 36.7 Å². The van der Waals surface area contributed by atoms with Crippen LogP contribution in [0.25, 0.3) is 0 Å². The van der Waals surface area contributed by atoms with Crippen molar-refractivity contribution in [3.63, 3.8) is 0 Å². The van der Waals surface area contributed by atoms with Gasteiger partial charge in [0.1, 0.15) is 5.82 Å². The first-order chi connectivity index (χ1) is 15.9. The van der Waals surface area contributed by atoms with Gasteiger partial charge in [0.15, 0.2) is 5.82 Å². The summed E-state index contributed by atoms with van der Waals surface area (Å²) >= 11 is 6.13. The number of nitrogens with zero attached hydrogens (tertiary/aromatic N) is 4. The molecular formula is C24H22ClN5O3. The van der Waals surface area contributed by atoms with Crippen LogP contribution in [0.15, 0.2) is 42.5 Å². The molecule has 5 rings (SSSR count). The van der Waals surface area contributed by atoms with Crippen LogP contribution in [-0.2, 0) is 17.8 Å². The number of hydrogen-bond donors (Lipinski definition) is 1. The third kappa shape index (κ3) is 4.02. The molecule has 1 fully saturated rings. The molecule has 2 aromatic carbocycles. The largest absolute Gasteiger partial charge is 0.326 e. The fraction of sp³-hybridized carbons (Fsp3) is 0.292. The molecule has 168 valence electrons. The van der Waals surface area contributed by atoms with E-state index in [0.717, 1.165) is 18.4 Å². The number of amides is 3. The number of benzene rings is 2. The summed E-state index contributed by atoms with van der Waals surface area (Å²) in [6.45, 7) is 1.91. The second kappa shape index (κ2) is 8.44. The number of nitrogens with one attached hydrogen (secondary N) is 1. The van der Waals surface area contributed by atoms with Crippen molar-refractivity contribution in [3.8, 4) is 0 Å². The predicted octanol–water partition coefficient (Wildman–Crippen LogP) is 3.94.